The molecule has 2 bridgehead atoms. The van der Waals surface area contributed by atoms with Crippen LogP contribution < -0.4 is 0 Å². The van der Waals surface area contributed by atoms with E-state index in [-0.39, 0.29) is 6.04 Å². The van der Waals surface area contributed by atoms with Crippen LogP contribution >= 0.6 is 0 Å². The van der Waals surface area contributed by atoms with Crippen molar-refractivity contribution in [2.24, 2.45) is 10.9 Å². The number of Topliss-reactive ketones (excluding diaryl/α,β-unsaturated/α-hetero) is 1. The van der Waals surface area contributed by atoms with Crippen molar-refractivity contribution in [2.45, 2.75) is 18.9 Å². The summed E-state index contributed by atoms with van der Waals surface area (Å²) < 4.78 is 0. The molecule has 4 nitrogen and oxygen atoms in total. The van der Waals surface area contributed by atoms with Crippen molar-refractivity contribution in [3.63, 3.8) is 0 Å². The quantitative estimate of drug-likeness (QED) is 0.679. The molecule has 0 N–H and O–H groups in total. The third-order valence-electron chi connectivity index (χ3n) is 3.86. The fourth-order valence-electron chi connectivity index (χ4n) is 2.91. The van der Waals surface area contributed by atoms with Gasteiger partial charge in [0.05, 0.1) is 6.04 Å². The van der Waals surface area contributed by atoms with Crippen molar-refractivity contribution in [1.29, 1.82) is 0 Å². The first-order chi connectivity index (χ1) is 7.84. The molecule has 1 unspecified atom stereocenters. The first kappa shape index (κ1) is 10.0. The molecule has 4 heterocycles. The highest BCUT2D eigenvalue weighted by atomic mass is 16.1. The normalized spacial score (nSPS) is 37.1. The molecule has 4 rings (SSSR count). The van der Waals surface area contributed by atoms with Crippen molar-refractivity contribution >= 4 is 12.0 Å². The maximum Gasteiger partial charge on any atom is 0.154 e. The second-order valence-electron chi connectivity index (χ2n) is 4.81. The second kappa shape index (κ2) is 4.01. The maximum absolute atomic E-state index is 12.1. The van der Waals surface area contributed by atoms with E-state index in [1.54, 1.807) is 0 Å². The van der Waals surface area contributed by atoms with Gasteiger partial charge >= 0.3 is 0 Å². The molecule has 0 aliphatic carbocycles. The highest BCUT2D eigenvalue weighted by Gasteiger charge is 2.41. The monoisotopic (exact) mass is 219 g/mol. The zero-order valence-electron chi connectivity index (χ0n) is 9.38. The summed E-state index contributed by atoms with van der Waals surface area (Å²) in [5.41, 5.74) is 0. The molecule has 4 heteroatoms. The van der Waals surface area contributed by atoms with Crippen LogP contribution in [0.4, 0.5) is 0 Å². The molecule has 0 spiro atoms. The Labute approximate surface area is 95.6 Å². The zero-order chi connectivity index (χ0) is 11.0. The fourth-order valence-corrected chi connectivity index (χ4v) is 2.91. The van der Waals surface area contributed by atoms with Gasteiger partial charge in [0, 0.05) is 24.9 Å². The molecule has 4 aliphatic rings. The third kappa shape index (κ3) is 1.67. The lowest BCUT2D eigenvalue weighted by Gasteiger charge is -2.45. The SMILES string of the molecule is O=C1C2CCN(CC2)C1CN1C=CC=NC1. The molecule has 4 aliphatic heterocycles. The second-order valence-corrected chi connectivity index (χ2v) is 4.81. The Morgan fingerprint density at radius 1 is 1.38 bits per heavy atom. The van der Waals surface area contributed by atoms with Crippen LogP contribution in [0, 0.1) is 5.92 Å². The summed E-state index contributed by atoms with van der Waals surface area (Å²) in [6.45, 7) is 3.70. The van der Waals surface area contributed by atoms with Gasteiger partial charge < -0.3 is 4.90 Å². The van der Waals surface area contributed by atoms with E-state index in [2.05, 4.69) is 14.8 Å². The van der Waals surface area contributed by atoms with E-state index in [9.17, 15) is 4.79 Å². The summed E-state index contributed by atoms with van der Waals surface area (Å²) >= 11 is 0. The zero-order valence-corrected chi connectivity index (χ0v) is 9.38. The molecule has 0 aromatic carbocycles. The van der Waals surface area contributed by atoms with E-state index in [0.717, 1.165) is 32.5 Å². The average Bonchev–Trinajstić information content (AvgIpc) is 2.36. The van der Waals surface area contributed by atoms with Gasteiger partial charge in [0.1, 0.15) is 6.67 Å². The number of ketones is 1. The highest BCUT2D eigenvalue weighted by Crippen LogP contribution is 2.29. The van der Waals surface area contributed by atoms with Crippen molar-refractivity contribution in [3.05, 3.63) is 12.3 Å². The molecule has 3 fully saturated rings. The Morgan fingerprint density at radius 2 is 2.19 bits per heavy atom. The molecular formula is C12H17N3O. The van der Waals surface area contributed by atoms with Crippen molar-refractivity contribution in [3.8, 4) is 0 Å². The van der Waals surface area contributed by atoms with E-state index < -0.39 is 0 Å². The van der Waals surface area contributed by atoms with Crippen molar-refractivity contribution in [2.75, 3.05) is 26.3 Å². The van der Waals surface area contributed by atoms with Gasteiger partial charge in [0.25, 0.3) is 0 Å². The Balaban J connectivity index is 1.68. The Morgan fingerprint density at radius 3 is 2.81 bits per heavy atom. The standard InChI is InChI=1S/C12H17N3O/c16-12-10-2-6-15(7-3-10)11(12)8-14-5-1-4-13-9-14/h1,4-5,10-11H,2-3,6-9H2. The molecule has 0 aromatic rings. The summed E-state index contributed by atoms with van der Waals surface area (Å²) in [6, 6.07) is 0.116. The summed E-state index contributed by atoms with van der Waals surface area (Å²) in [6.07, 6.45) is 7.92. The fraction of sp³-hybridized carbons (Fsp3) is 0.667. The average molecular weight is 219 g/mol. The van der Waals surface area contributed by atoms with Crippen LogP contribution in [0.25, 0.3) is 0 Å². The molecule has 0 amide bonds. The van der Waals surface area contributed by atoms with Gasteiger partial charge in [-0.2, -0.15) is 0 Å². The maximum atomic E-state index is 12.1. The number of hydrogen-bond acceptors (Lipinski definition) is 4. The number of hydrogen-bond donors (Lipinski definition) is 0. The molecular weight excluding hydrogens is 202 g/mol. The van der Waals surface area contributed by atoms with Crippen LogP contribution in [0.15, 0.2) is 17.3 Å². The largest absolute Gasteiger partial charge is 0.356 e. The lowest BCUT2D eigenvalue weighted by atomic mass is 9.82. The molecule has 1 atom stereocenters. The smallest absolute Gasteiger partial charge is 0.154 e. The predicted molar refractivity (Wildman–Crippen MR) is 62.3 cm³/mol. The molecule has 16 heavy (non-hydrogen) atoms. The van der Waals surface area contributed by atoms with E-state index in [1.165, 1.54) is 0 Å². The lowest BCUT2D eigenvalue weighted by molar-refractivity contribution is -0.137. The minimum atomic E-state index is 0.116. The molecule has 86 valence electrons. The van der Waals surface area contributed by atoms with Gasteiger partial charge in [0.15, 0.2) is 5.78 Å². The van der Waals surface area contributed by atoms with Crippen molar-refractivity contribution < 1.29 is 4.79 Å². The van der Waals surface area contributed by atoms with Gasteiger partial charge in [-0.25, -0.2) is 0 Å². The van der Waals surface area contributed by atoms with Crippen molar-refractivity contribution in [1.82, 2.24) is 9.80 Å². The van der Waals surface area contributed by atoms with Gasteiger partial charge in [-0.3, -0.25) is 14.7 Å². The number of fused-ring (bicyclic) bond motifs is 3. The Bertz CT molecular complexity index is 342. The van der Waals surface area contributed by atoms with Gasteiger partial charge in [-0.1, -0.05) is 0 Å². The van der Waals surface area contributed by atoms with Crippen LogP contribution in [-0.2, 0) is 4.79 Å². The summed E-state index contributed by atoms with van der Waals surface area (Å²) in [5, 5.41) is 0. The number of aliphatic imine (C=N–C) groups is 1. The van der Waals surface area contributed by atoms with E-state index >= 15 is 0 Å². The number of piperidine rings is 3. The Kier molecular flexibility index (Phi) is 2.52. The predicted octanol–water partition coefficient (Wildman–Crippen LogP) is 0.507. The van der Waals surface area contributed by atoms with Crippen LogP contribution in [0.2, 0.25) is 0 Å². The molecule has 0 radical (unpaired) electrons. The van der Waals surface area contributed by atoms with Gasteiger partial charge in [0.2, 0.25) is 0 Å². The van der Waals surface area contributed by atoms with E-state index in [1.807, 2.05) is 18.5 Å². The molecule has 0 saturated carbocycles. The number of rotatable bonds is 2. The topological polar surface area (TPSA) is 35.9 Å². The van der Waals surface area contributed by atoms with E-state index in [4.69, 9.17) is 0 Å². The van der Waals surface area contributed by atoms with E-state index in [0.29, 0.717) is 18.4 Å². The van der Waals surface area contributed by atoms with Crippen LogP contribution in [0.5, 0.6) is 0 Å². The van der Waals surface area contributed by atoms with Crippen LogP contribution in [0.1, 0.15) is 12.8 Å². The highest BCUT2D eigenvalue weighted by molar-refractivity contribution is 5.88. The summed E-state index contributed by atoms with van der Waals surface area (Å²) in [7, 11) is 0. The number of allylic oxidation sites excluding steroid dienone is 1. The van der Waals surface area contributed by atoms with Crippen LogP contribution in [-0.4, -0.2) is 54.1 Å². The molecule has 0 aromatic heterocycles. The Hall–Kier alpha value is -1.16. The first-order valence-corrected chi connectivity index (χ1v) is 6.03. The summed E-state index contributed by atoms with van der Waals surface area (Å²) in [5.74, 6) is 0.799. The summed E-state index contributed by atoms with van der Waals surface area (Å²) in [4.78, 5) is 20.8. The number of carbonyl (C=O) groups is 1. The lowest BCUT2D eigenvalue weighted by Crippen LogP contribution is -2.58. The first-order valence-electron chi connectivity index (χ1n) is 6.03. The van der Waals surface area contributed by atoms with Gasteiger partial charge in [-0.15, -0.1) is 0 Å². The minimum absolute atomic E-state index is 0.116. The minimum Gasteiger partial charge on any atom is -0.356 e. The van der Waals surface area contributed by atoms with Crippen LogP contribution in [0.3, 0.4) is 0 Å². The number of nitrogens with zero attached hydrogens (tertiary/aromatic N) is 3. The third-order valence-corrected chi connectivity index (χ3v) is 3.86. The molecule has 3 saturated heterocycles. The van der Waals surface area contributed by atoms with Gasteiger partial charge in [-0.05, 0) is 32.0 Å². The number of carbonyl (C=O) groups excluding carboxylic acids is 1.